The highest BCUT2D eigenvalue weighted by atomic mass is 32.1. The summed E-state index contributed by atoms with van der Waals surface area (Å²) in [6.45, 7) is 3.26. The molecular weight excluding hydrogens is 492 g/mol. The van der Waals surface area contributed by atoms with Crippen LogP contribution in [-0.2, 0) is 13.0 Å². The maximum absolute atomic E-state index is 12.8. The summed E-state index contributed by atoms with van der Waals surface area (Å²) in [5.74, 6) is 0.0903. The molecule has 2 N–H and O–H groups in total. The number of imidazole rings is 1. The third kappa shape index (κ3) is 5.05. The molecule has 0 spiro atoms. The van der Waals surface area contributed by atoms with Crippen molar-refractivity contribution >= 4 is 39.3 Å². The lowest BCUT2D eigenvalue weighted by Gasteiger charge is -2.15. The number of nitrogens with zero attached hydrogens (tertiary/aromatic N) is 4. The normalized spacial score (nSPS) is 13.7. The minimum Gasteiger partial charge on any atom is -0.388 e. The zero-order chi connectivity index (χ0) is 25.9. The number of benzene rings is 2. The van der Waals surface area contributed by atoms with Gasteiger partial charge in [0.25, 0.3) is 0 Å². The van der Waals surface area contributed by atoms with E-state index in [-0.39, 0.29) is 5.78 Å². The van der Waals surface area contributed by atoms with Gasteiger partial charge in [0.1, 0.15) is 11.3 Å². The number of Topliss-reactive ketones (excluding diaryl/α,β-unsaturated/α-hetero) is 1. The van der Waals surface area contributed by atoms with Gasteiger partial charge in [-0.2, -0.15) is 0 Å². The summed E-state index contributed by atoms with van der Waals surface area (Å²) in [6, 6.07) is 19.7. The van der Waals surface area contributed by atoms with E-state index >= 15 is 0 Å². The summed E-state index contributed by atoms with van der Waals surface area (Å²) in [7, 11) is 1.87. The fourth-order valence-corrected chi connectivity index (χ4v) is 5.79. The van der Waals surface area contributed by atoms with Crippen LogP contribution in [0.15, 0.2) is 78.4 Å². The van der Waals surface area contributed by atoms with Crippen molar-refractivity contribution in [1.29, 1.82) is 0 Å². The van der Waals surface area contributed by atoms with Crippen LogP contribution in [0, 0.1) is 0 Å². The third-order valence-corrected chi connectivity index (χ3v) is 7.83. The molecule has 0 bridgehead atoms. The molecule has 0 radical (unpaired) electrons. The molecule has 1 aliphatic heterocycles. The SMILES string of the molecule is CNc1ccccc1CC(=O)c1ccc(Nc2nc(-c3cnc4c(CN5CCCC5)cccn34)cs2)cc1. The van der Waals surface area contributed by atoms with Crippen LogP contribution in [0.4, 0.5) is 16.5 Å². The maximum Gasteiger partial charge on any atom is 0.187 e. The van der Waals surface area contributed by atoms with E-state index in [0.29, 0.717) is 12.0 Å². The number of ketones is 1. The Balaban J connectivity index is 1.14. The molecule has 1 aliphatic rings. The van der Waals surface area contributed by atoms with E-state index < -0.39 is 0 Å². The maximum atomic E-state index is 12.8. The van der Waals surface area contributed by atoms with Gasteiger partial charge >= 0.3 is 0 Å². The molecule has 0 amide bonds. The molecule has 0 saturated carbocycles. The third-order valence-electron chi connectivity index (χ3n) is 7.07. The number of nitrogens with one attached hydrogen (secondary N) is 2. The highest BCUT2D eigenvalue weighted by Gasteiger charge is 2.17. The Hall–Kier alpha value is -4.01. The summed E-state index contributed by atoms with van der Waals surface area (Å²) in [5, 5.41) is 9.38. The Labute approximate surface area is 226 Å². The topological polar surface area (TPSA) is 74.6 Å². The molecule has 0 atom stereocenters. The van der Waals surface area contributed by atoms with Crippen LogP contribution >= 0.6 is 11.3 Å². The van der Waals surface area contributed by atoms with Gasteiger partial charge in [-0.15, -0.1) is 11.3 Å². The van der Waals surface area contributed by atoms with Crippen LogP contribution < -0.4 is 10.6 Å². The molecule has 8 heteroatoms. The number of pyridine rings is 1. The number of para-hydroxylation sites is 1. The first-order chi connectivity index (χ1) is 18.7. The highest BCUT2D eigenvalue weighted by molar-refractivity contribution is 7.14. The second kappa shape index (κ2) is 10.8. The number of likely N-dealkylation sites (tertiary alicyclic amines) is 1. The highest BCUT2D eigenvalue weighted by Crippen LogP contribution is 2.29. The van der Waals surface area contributed by atoms with E-state index in [9.17, 15) is 4.79 Å². The Bertz CT molecular complexity index is 1570. The van der Waals surface area contributed by atoms with Crippen molar-refractivity contribution in [3.05, 3.63) is 95.1 Å². The zero-order valence-electron chi connectivity index (χ0n) is 21.4. The molecule has 1 saturated heterocycles. The van der Waals surface area contributed by atoms with Gasteiger partial charge in [0.15, 0.2) is 10.9 Å². The number of hydrogen-bond donors (Lipinski definition) is 2. The van der Waals surface area contributed by atoms with Crippen LogP contribution in [0.1, 0.15) is 34.3 Å². The minimum absolute atomic E-state index is 0.0903. The largest absolute Gasteiger partial charge is 0.388 e. The second-order valence-corrected chi connectivity index (χ2v) is 10.5. The van der Waals surface area contributed by atoms with Gasteiger partial charge in [0.2, 0.25) is 0 Å². The molecule has 5 aromatic rings. The number of carbonyl (C=O) groups is 1. The number of thiazole rings is 1. The molecular formula is C30H30N6OS. The smallest absolute Gasteiger partial charge is 0.187 e. The van der Waals surface area contributed by atoms with Gasteiger partial charge in [-0.25, -0.2) is 9.97 Å². The molecule has 2 aromatic carbocycles. The molecule has 7 nitrogen and oxygen atoms in total. The standard InChI is InChI=1S/C30H30N6OS/c1-31-25-9-3-2-7-22(25)17-28(37)21-10-12-24(13-11-21)33-30-34-26(20-38-30)27-18-32-29-23(8-6-16-36(27)29)19-35-14-4-5-15-35/h2-3,6-13,16,18,20,31H,4-5,14-15,17,19H2,1H3,(H,33,34). The van der Waals surface area contributed by atoms with Crippen molar-refractivity contribution < 1.29 is 4.79 Å². The van der Waals surface area contributed by atoms with Crippen molar-refractivity contribution in [3.8, 4) is 11.4 Å². The summed E-state index contributed by atoms with van der Waals surface area (Å²) in [4.78, 5) is 24.9. The Morgan fingerprint density at radius 2 is 1.79 bits per heavy atom. The zero-order valence-corrected chi connectivity index (χ0v) is 22.2. The molecule has 38 heavy (non-hydrogen) atoms. The van der Waals surface area contributed by atoms with E-state index in [4.69, 9.17) is 9.97 Å². The second-order valence-electron chi connectivity index (χ2n) is 9.60. The summed E-state index contributed by atoms with van der Waals surface area (Å²) in [6.07, 6.45) is 6.89. The van der Waals surface area contributed by atoms with Gasteiger partial charge in [-0.05, 0) is 67.9 Å². The van der Waals surface area contributed by atoms with Crippen LogP contribution in [-0.4, -0.2) is 45.2 Å². The van der Waals surface area contributed by atoms with Crippen LogP contribution in [0.2, 0.25) is 0 Å². The predicted molar refractivity (Wildman–Crippen MR) is 155 cm³/mol. The Morgan fingerprint density at radius 3 is 2.61 bits per heavy atom. The van der Waals surface area contributed by atoms with Gasteiger partial charge in [-0.1, -0.05) is 24.3 Å². The van der Waals surface area contributed by atoms with Crippen LogP contribution in [0.25, 0.3) is 17.0 Å². The lowest BCUT2D eigenvalue weighted by molar-refractivity contribution is 0.0993. The van der Waals surface area contributed by atoms with E-state index in [1.165, 1.54) is 18.4 Å². The Morgan fingerprint density at radius 1 is 1.00 bits per heavy atom. The van der Waals surface area contributed by atoms with E-state index in [0.717, 1.165) is 58.7 Å². The Kier molecular flexibility index (Phi) is 6.90. The monoisotopic (exact) mass is 522 g/mol. The van der Waals surface area contributed by atoms with E-state index in [1.807, 2.05) is 61.8 Å². The molecule has 0 unspecified atom stereocenters. The number of carbonyl (C=O) groups excluding carboxylic acids is 1. The van der Waals surface area contributed by atoms with Crippen molar-refractivity contribution in [2.24, 2.45) is 0 Å². The number of fused-ring (bicyclic) bond motifs is 1. The summed E-state index contributed by atoms with van der Waals surface area (Å²) in [5.41, 5.74) is 7.67. The molecule has 1 fully saturated rings. The predicted octanol–water partition coefficient (Wildman–Crippen LogP) is 6.26. The summed E-state index contributed by atoms with van der Waals surface area (Å²) >= 11 is 1.55. The van der Waals surface area contributed by atoms with Crippen molar-refractivity contribution in [2.75, 3.05) is 30.8 Å². The molecule has 0 aliphatic carbocycles. The molecule has 6 rings (SSSR count). The quantitative estimate of drug-likeness (QED) is 0.223. The number of hydrogen-bond acceptors (Lipinski definition) is 7. The van der Waals surface area contributed by atoms with E-state index in [2.05, 4.69) is 43.6 Å². The van der Waals surface area contributed by atoms with E-state index in [1.54, 1.807) is 11.3 Å². The minimum atomic E-state index is 0.0903. The van der Waals surface area contributed by atoms with Crippen molar-refractivity contribution in [3.63, 3.8) is 0 Å². The molecule has 192 valence electrons. The van der Waals surface area contributed by atoms with Crippen LogP contribution in [0.5, 0.6) is 0 Å². The summed E-state index contributed by atoms with van der Waals surface area (Å²) < 4.78 is 2.14. The van der Waals surface area contributed by atoms with Crippen molar-refractivity contribution in [2.45, 2.75) is 25.8 Å². The van der Waals surface area contributed by atoms with Crippen molar-refractivity contribution in [1.82, 2.24) is 19.3 Å². The lowest BCUT2D eigenvalue weighted by Crippen LogP contribution is -2.18. The van der Waals surface area contributed by atoms with Gasteiger partial charge in [0, 0.05) is 54.1 Å². The van der Waals surface area contributed by atoms with Gasteiger partial charge in [-0.3, -0.25) is 14.1 Å². The molecule has 3 aromatic heterocycles. The first-order valence-electron chi connectivity index (χ1n) is 13.0. The first-order valence-corrected chi connectivity index (χ1v) is 13.8. The number of anilines is 3. The number of aromatic nitrogens is 3. The fraction of sp³-hybridized carbons (Fsp3) is 0.233. The van der Waals surface area contributed by atoms with Crippen LogP contribution in [0.3, 0.4) is 0 Å². The average molecular weight is 523 g/mol. The fourth-order valence-electron chi connectivity index (χ4n) is 5.07. The molecule has 4 heterocycles. The number of rotatable bonds is 9. The van der Waals surface area contributed by atoms with Gasteiger partial charge < -0.3 is 10.6 Å². The first kappa shape index (κ1) is 24.3. The lowest BCUT2D eigenvalue weighted by atomic mass is 10.0. The average Bonchev–Trinajstić information content (AvgIpc) is 3.71. The van der Waals surface area contributed by atoms with Gasteiger partial charge in [0.05, 0.1) is 11.9 Å².